The van der Waals surface area contributed by atoms with Crippen molar-refractivity contribution >= 4 is 21.3 Å². The second kappa shape index (κ2) is 9.44. The van der Waals surface area contributed by atoms with Gasteiger partial charge in [-0.2, -0.15) is 13.2 Å². The third kappa shape index (κ3) is 5.48. The van der Waals surface area contributed by atoms with E-state index in [1.165, 1.54) is 37.4 Å². The molecule has 9 nitrogen and oxygen atoms in total. The van der Waals surface area contributed by atoms with Crippen molar-refractivity contribution in [2.75, 3.05) is 18.7 Å². The fourth-order valence-corrected chi connectivity index (χ4v) is 3.69. The molecule has 0 bridgehead atoms. The number of halogens is 4. The molecule has 0 saturated carbocycles. The summed E-state index contributed by atoms with van der Waals surface area (Å²) in [6.45, 7) is 2.41. The van der Waals surface area contributed by atoms with Gasteiger partial charge in [0, 0.05) is 28.6 Å². The van der Waals surface area contributed by atoms with Crippen molar-refractivity contribution in [1.29, 1.82) is 4.78 Å². The van der Waals surface area contributed by atoms with Gasteiger partial charge in [0.1, 0.15) is 5.56 Å². The maximum absolute atomic E-state index is 14.4. The molecular formula is C21H19F4N5O4S. The molecule has 1 amide bonds. The number of aryl methyl sites for hydroxylation is 1. The predicted molar refractivity (Wildman–Crippen MR) is 117 cm³/mol. The van der Waals surface area contributed by atoms with Crippen LogP contribution in [0.3, 0.4) is 0 Å². The van der Waals surface area contributed by atoms with Crippen molar-refractivity contribution in [3.8, 4) is 17.5 Å². The first-order valence-electron chi connectivity index (χ1n) is 9.70. The van der Waals surface area contributed by atoms with E-state index in [9.17, 15) is 26.6 Å². The second-order valence-corrected chi connectivity index (χ2v) is 9.53. The Balaban J connectivity index is 2.12. The molecule has 0 saturated heterocycles. The van der Waals surface area contributed by atoms with E-state index in [4.69, 9.17) is 14.3 Å². The van der Waals surface area contributed by atoms with Gasteiger partial charge in [0.05, 0.1) is 16.8 Å². The Morgan fingerprint density at radius 1 is 1.17 bits per heavy atom. The lowest BCUT2D eigenvalue weighted by molar-refractivity contribution is -0.142. The number of anilines is 1. The van der Waals surface area contributed by atoms with Gasteiger partial charge in [-0.25, -0.2) is 18.4 Å². The maximum Gasteiger partial charge on any atom is 0.435 e. The zero-order chi connectivity index (χ0) is 26.1. The van der Waals surface area contributed by atoms with Crippen LogP contribution in [-0.4, -0.2) is 38.7 Å². The number of nitrogens with one attached hydrogen (secondary N) is 2. The Morgan fingerprint density at radius 3 is 2.46 bits per heavy atom. The average molecular weight is 513 g/mol. The SMILES string of the molecule is COc1c(Oc2nnc(C(F)(F)F)c(C)c2C(=O)Nc2cccc(S(C)(=N)=O)c2)ncc(C)c1F. The van der Waals surface area contributed by atoms with Crippen molar-refractivity contribution in [2.45, 2.75) is 24.9 Å². The van der Waals surface area contributed by atoms with Crippen LogP contribution in [0.2, 0.25) is 0 Å². The van der Waals surface area contributed by atoms with Gasteiger partial charge in [0.15, 0.2) is 11.5 Å². The number of carbonyl (C=O) groups is 1. The lowest BCUT2D eigenvalue weighted by Crippen LogP contribution is -2.21. The molecule has 14 heteroatoms. The van der Waals surface area contributed by atoms with E-state index >= 15 is 0 Å². The van der Waals surface area contributed by atoms with Gasteiger partial charge in [-0.1, -0.05) is 6.07 Å². The lowest BCUT2D eigenvalue weighted by atomic mass is 10.1. The van der Waals surface area contributed by atoms with E-state index in [1.807, 2.05) is 0 Å². The number of pyridine rings is 1. The van der Waals surface area contributed by atoms with E-state index in [1.54, 1.807) is 0 Å². The van der Waals surface area contributed by atoms with Crippen molar-refractivity contribution in [3.63, 3.8) is 0 Å². The largest absolute Gasteiger partial charge is 0.489 e. The molecule has 0 aliphatic heterocycles. The summed E-state index contributed by atoms with van der Waals surface area (Å²) in [6, 6.07) is 5.47. The van der Waals surface area contributed by atoms with Crippen LogP contribution in [0.25, 0.3) is 0 Å². The maximum atomic E-state index is 14.4. The average Bonchev–Trinajstić information content (AvgIpc) is 2.75. The highest BCUT2D eigenvalue weighted by Crippen LogP contribution is 2.37. The lowest BCUT2D eigenvalue weighted by Gasteiger charge is -2.17. The molecule has 1 unspecified atom stereocenters. The Kier molecular flexibility index (Phi) is 6.96. The fourth-order valence-electron chi connectivity index (χ4n) is 3.00. The number of carbonyl (C=O) groups excluding carboxylic acids is 1. The first-order valence-corrected chi connectivity index (χ1v) is 11.7. The Hall–Kier alpha value is -3.81. The van der Waals surface area contributed by atoms with Crippen LogP contribution < -0.4 is 14.8 Å². The Morgan fingerprint density at radius 2 is 1.86 bits per heavy atom. The fraction of sp³-hybridized carbons (Fsp3) is 0.238. The van der Waals surface area contributed by atoms with Crippen molar-refractivity contribution < 1.29 is 36.0 Å². The number of benzene rings is 1. The molecule has 0 aliphatic rings. The molecule has 0 radical (unpaired) electrons. The van der Waals surface area contributed by atoms with E-state index in [-0.39, 0.29) is 16.1 Å². The van der Waals surface area contributed by atoms with Gasteiger partial charge < -0.3 is 14.8 Å². The Bertz CT molecular complexity index is 1410. The van der Waals surface area contributed by atoms with Gasteiger partial charge in [-0.05, 0) is 37.6 Å². The van der Waals surface area contributed by atoms with E-state index in [0.29, 0.717) is 0 Å². The zero-order valence-corrected chi connectivity index (χ0v) is 19.6. The molecule has 2 N–H and O–H groups in total. The molecule has 0 spiro atoms. The van der Waals surface area contributed by atoms with Crippen LogP contribution in [-0.2, 0) is 15.9 Å². The van der Waals surface area contributed by atoms with Crippen LogP contribution in [0, 0.1) is 24.4 Å². The molecule has 0 aliphatic carbocycles. The number of amides is 1. The quantitative estimate of drug-likeness (QED) is 0.456. The topological polar surface area (TPSA) is 127 Å². The molecule has 1 atom stereocenters. The monoisotopic (exact) mass is 513 g/mol. The second-order valence-electron chi connectivity index (χ2n) is 7.37. The highest BCUT2D eigenvalue weighted by molar-refractivity contribution is 7.91. The number of nitrogens with zero attached hydrogens (tertiary/aromatic N) is 3. The molecule has 3 rings (SSSR count). The van der Waals surface area contributed by atoms with Gasteiger partial charge in [0.25, 0.3) is 17.7 Å². The molecule has 3 aromatic rings. The van der Waals surface area contributed by atoms with Crippen LogP contribution in [0.1, 0.15) is 27.2 Å². The molecule has 0 fully saturated rings. The summed E-state index contributed by atoms with van der Waals surface area (Å²) < 4.78 is 84.8. The predicted octanol–water partition coefficient (Wildman–Crippen LogP) is 4.74. The number of hydrogen-bond acceptors (Lipinski definition) is 8. The normalized spacial score (nSPS) is 13.1. The van der Waals surface area contributed by atoms with E-state index in [2.05, 4.69) is 20.5 Å². The van der Waals surface area contributed by atoms with Gasteiger partial charge in [0.2, 0.25) is 5.75 Å². The number of hydrogen-bond donors (Lipinski definition) is 2. The summed E-state index contributed by atoms with van der Waals surface area (Å²) in [6.07, 6.45) is -2.66. The van der Waals surface area contributed by atoms with Crippen LogP contribution in [0.4, 0.5) is 23.2 Å². The van der Waals surface area contributed by atoms with Crippen molar-refractivity contribution in [3.05, 3.63) is 58.7 Å². The molecule has 35 heavy (non-hydrogen) atoms. The van der Waals surface area contributed by atoms with Gasteiger partial charge in [-0.3, -0.25) is 4.79 Å². The molecule has 186 valence electrons. The molecule has 2 heterocycles. The summed E-state index contributed by atoms with van der Waals surface area (Å²) in [4.78, 5) is 17.1. The smallest absolute Gasteiger partial charge is 0.435 e. The van der Waals surface area contributed by atoms with Crippen LogP contribution in [0.15, 0.2) is 35.4 Å². The van der Waals surface area contributed by atoms with Crippen molar-refractivity contribution in [1.82, 2.24) is 15.2 Å². The third-order valence-corrected chi connectivity index (χ3v) is 5.89. The molecular weight excluding hydrogens is 494 g/mol. The summed E-state index contributed by atoms with van der Waals surface area (Å²) in [5, 5.41) is 8.91. The summed E-state index contributed by atoms with van der Waals surface area (Å²) >= 11 is 0. The minimum absolute atomic E-state index is 0.0575. The minimum atomic E-state index is -4.94. The summed E-state index contributed by atoms with van der Waals surface area (Å²) in [5.41, 5.74) is -2.51. The number of rotatable bonds is 6. The first kappa shape index (κ1) is 25.8. The Labute approximate surface area is 197 Å². The van der Waals surface area contributed by atoms with Gasteiger partial charge >= 0.3 is 6.18 Å². The van der Waals surface area contributed by atoms with Crippen LogP contribution in [0.5, 0.6) is 17.5 Å². The zero-order valence-electron chi connectivity index (χ0n) is 18.8. The number of methoxy groups -OCH3 is 1. The minimum Gasteiger partial charge on any atom is -0.489 e. The third-order valence-electron chi connectivity index (χ3n) is 4.73. The number of aromatic nitrogens is 3. The highest BCUT2D eigenvalue weighted by Gasteiger charge is 2.38. The van der Waals surface area contributed by atoms with E-state index < -0.39 is 62.0 Å². The number of ether oxygens (including phenoxy) is 2. The molecule has 2 aromatic heterocycles. The highest BCUT2D eigenvalue weighted by atomic mass is 32.2. The summed E-state index contributed by atoms with van der Waals surface area (Å²) in [7, 11) is -2.00. The first-order chi connectivity index (χ1) is 16.2. The van der Waals surface area contributed by atoms with Crippen LogP contribution >= 0.6 is 0 Å². The summed E-state index contributed by atoms with van der Waals surface area (Å²) in [5.74, 6) is -3.51. The van der Waals surface area contributed by atoms with E-state index in [0.717, 1.165) is 20.2 Å². The standard InChI is InChI=1S/C21H19F4N5O4S/c1-10-9-27-20(16(33-3)15(10)22)34-19-14(11(2)17(29-30-19)21(23,24)25)18(31)28-12-6-5-7-13(8-12)35(4,26)32/h5-9,26H,1-4H3,(H,28,31). The number of alkyl halides is 3. The van der Waals surface area contributed by atoms with Gasteiger partial charge in [-0.15, -0.1) is 10.2 Å². The molecule has 1 aromatic carbocycles. The van der Waals surface area contributed by atoms with Crippen molar-refractivity contribution in [2.24, 2.45) is 0 Å².